The summed E-state index contributed by atoms with van der Waals surface area (Å²) in [5.74, 6) is -1.10. The van der Waals surface area contributed by atoms with Crippen molar-refractivity contribution < 1.29 is 24.1 Å². The van der Waals surface area contributed by atoms with E-state index in [9.17, 15) is 14.7 Å². The highest BCUT2D eigenvalue weighted by Gasteiger charge is 2.30. The molecule has 10 heteroatoms. The van der Waals surface area contributed by atoms with Crippen molar-refractivity contribution in [2.45, 2.75) is 13.3 Å². The quantitative estimate of drug-likeness (QED) is 0.238. The van der Waals surface area contributed by atoms with Crippen molar-refractivity contribution in [1.29, 1.82) is 0 Å². The smallest absolute Gasteiger partial charge is 0.307 e. The van der Waals surface area contributed by atoms with Crippen molar-refractivity contribution in [3.8, 4) is 28.3 Å². The van der Waals surface area contributed by atoms with E-state index in [1.54, 1.807) is 67.6 Å². The van der Waals surface area contributed by atoms with Crippen LogP contribution in [0.2, 0.25) is 15.1 Å². The largest absolute Gasteiger partial charge is 0.481 e. The first-order valence-corrected chi connectivity index (χ1v) is 11.9. The Kier molecular flexibility index (Phi) is 7.84. The van der Waals surface area contributed by atoms with Crippen LogP contribution in [-0.4, -0.2) is 33.7 Å². The summed E-state index contributed by atoms with van der Waals surface area (Å²) in [5.41, 5.74) is 1.94. The molecular formula is C26H19Cl3N2O5. The van der Waals surface area contributed by atoms with Crippen LogP contribution in [0, 0.1) is 0 Å². The molecule has 1 amide bonds. The number of aromatic nitrogens is 1. The number of carbonyl (C=O) groups is 2. The zero-order chi connectivity index (χ0) is 25.8. The predicted molar refractivity (Wildman–Crippen MR) is 138 cm³/mol. The molecule has 0 aliphatic rings. The van der Waals surface area contributed by atoms with Crippen molar-refractivity contribution >= 4 is 46.7 Å². The minimum Gasteiger partial charge on any atom is -0.481 e. The van der Waals surface area contributed by atoms with Gasteiger partial charge in [0, 0.05) is 21.2 Å². The van der Waals surface area contributed by atoms with E-state index in [2.05, 4.69) is 5.16 Å². The van der Waals surface area contributed by atoms with Gasteiger partial charge in [0.25, 0.3) is 5.91 Å². The molecule has 1 N–H and O–H groups in total. The molecule has 0 fully saturated rings. The van der Waals surface area contributed by atoms with Gasteiger partial charge in [-0.05, 0) is 48.9 Å². The lowest BCUT2D eigenvalue weighted by atomic mass is 9.99. The number of hydrogen-bond donors (Lipinski definition) is 1. The van der Waals surface area contributed by atoms with Crippen molar-refractivity contribution in [3.63, 3.8) is 0 Å². The number of carbonyl (C=O) groups excluding carboxylic acids is 1. The normalized spacial score (nSPS) is 10.8. The summed E-state index contributed by atoms with van der Waals surface area (Å²) in [6.45, 7) is 1.90. The van der Waals surface area contributed by atoms with Crippen molar-refractivity contribution in [3.05, 3.63) is 92.9 Å². The standard InChI is InChI=1S/C26H19Cl3N2O5/c1-2-31(36-21-10-9-19(28)14-20(21)29)26(34)23-24(16-6-3-5-15(11-16)12-22(32)33)30-35-25(23)17-7-4-8-18(27)13-17/h3-11,13-14H,2,12H2,1H3,(H,32,33). The molecule has 0 saturated carbocycles. The molecule has 184 valence electrons. The number of nitrogens with zero attached hydrogens (tertiary/aromatic N) is 2. The fourth-order valence-electron chi connectivity index (χ4n) is 3.56. The zero-order valence-electron chi connectivity index (χ0n) is 18.9. The van der Waals surface area contributed by atoms with Crippen molar-refractivity contribution in [2.75, 3.05) is 6.54 Å². The summed E-state index contributed by atoms with van der Waals surface area (Å²) < 4.78 is 5.65. The lowest BCUT2D eigenvalue weighted by molar-refractivity contribution is -0.136. The van der Waals surface area contributed by atoms with Crippen LogP contribution in [0.15, 0.2) is 71.3 Å². The first kappa shape index (κ1) is 25.6. The minimum atomic E-state index is -0.978. The van der Waals surface area contributed by atoms with Crippen LogP contribution >= 0.6 is 34.8 Å². The third kappa shape index (κ3) is 5.65. The number of carboxylic acid groups (broad SMARTS) is 1. The number of carboxylic acids is 1. The highest BCUT2D eigenvalue weighted by Crippen LogP contribution is 2.35. The predicted octanol–water partition coefficient (Wildman–Crippen LogP) is 7.05. The van der Waals surface area contributed by atoms with Crippen LogP contribution in [0.25, 0.3) is 22.6 Å². The second kappa shape index (κ2) is 11.0. The summed E-state index contributed by atoms with van der Waals surface area (Å²) in [5, 5.41) is 15.6. The lowest BCUT2D eigenvalue weighted by Gasteiger charge is -2.22. The average molecular weight is 546 g/mol. The number of hydrogen-bond acceptors (Lipinski definition) is 5. The molecule has 1 heterocycles. The van der Waals surface area contributed by atoms with Gasteiger partial charge in [0.1, 0.15) is 11.3 Å². The van der Waals surface area contributed by atoms with Gasteiger partial charge in [0.2, 0.25) is 0 Å². The molecule has 0 spiro atoms. The van der Waals surface area contributed by atoms with Crippen LogP contribution in [0.4, 0.5) is 0 Å². The van der Waals surface area contributed by atoms with Crippen LogP contribution in [0.3, 0.4) is 0 Å². The first-order chi connectivity index (χ1) is 17.3. The van der Waals surface area contributed by atoms with Gasteiger partial charge in [0.05, 0.1) is 18.0 Å². The van der Waals surface area contributed by atoms with E-state index in [1.165, 1.54) is 6.07 Å². The Bertz CT molecular complexity index is 1440. The maximum atomic E-state index is 13.9. The van der Waals surface area contributed by atoms with Crippen LogP contribution in [-0.2, 0) is 11.2 Å². The number of aliphatic carboxylic acids is 1. The van der Waals surface area contributed by atoms with Gasteiger partial charge >= 0.3 is 5.97 Å². The second-order valence-electron chi connectivity index (χ2n) is 7.68. The van der Waals surface area contributed by atoms with E-state index in [0.717, 1.165) is 5.06 Å². The number of hydroxylamine groups is 2. The number of halogens is 3. The van der Waals surface area contributed by atoms with E-state index in [0.29, 0.717) is 26.7 Å². The van der Waals surface area contributed by atoms with Crippen LogP contribution < -0.4 is 4.84 Å². The van der Waals surface area contributed by atoms with E-state index in [-0.39, 0.29) is 40.8 Å². The Morgan fingerprint density at radius 1 is 0.972 bits per heavy atom. The highest BCUT2D eigenvalue weighted by molar-refractivity contribution is 6.35. The van der Waals surface area contributed by atoms with Gasteiger partial charge < -0.3 is 14.5 Å². The van der Waals surface area contributed by atoms with Gasteiger partial charge in [-0.3, -0.25) is 9.59 Å². The zero-order valence-corrected chi connectivity index (χ0v) is 21.1. The van der Waals surface area contributed by atoms with Gasteiger partial charge in [0.15, 0.2) is 11.5 Å². The van der Waals surface area contributed by atoms with Crippen molar-refractivity contribution in [2.24, 2.45) is 0 Å². The molecule has 0 unspecified atom stereocenters. The highest BCUT2D eigenvalue weighted by atomic mass is 35.5. The molecule has 0 aliphatic carbocycles. The fourth-order valence-corrected chi connectivity index (χ4v) is 4.19. The molecule has 36 heavy (non-hydrogen) atoms. The first-order valence-electron chi connectivity index (χ1n) is 10.8. The van der Waals surface area contributed by atoms with Gasteiger partial charge in [-0.15, -0.1) is 0 Å². The molecule has 1 aromatic heterocycles. The monoisotopic (exact) mass is 544 g/mol. The topological polar surface area (TPSA) is 92.9 Å². The second-order valence-corrected chi connectivity index (χ2v) is 8.96. The molecular weight excluding hydrogens is 527 g/mol. The third-order valence-corrected chi connectivity index (χ3v) is 5.93. The Hall–Kier alpha value is -3.52. The Morgan fingerprint density at radius 2 is 1.69 bits per heavy atom. The SMILES string of the molecule is CCN(Oc1ccc(Cl)cc1Cl)C(=O)c1c(-c2cccc(CC(=O)O)c2)noc1-c1cccc(Cl)c1. The molecule has 4 rings (SSSR count). The van der Waals surface area contributed by atoms with Crippen LogP contribution in [0.5, 0.6) is 5.75 Å². The Balaban J connectivity index is 1.82. The number of amides is 1. The molecule has 0 radical (unpaired) electrons. The fraction of sp³-hybridized carbons (Fsp3) is 0.115. The van der Waals surface area contributed by atoms with Gasteiger partial charge in [-0.1, -0.05) is 70.3 Å². The Labute approximate surface area is 221 Å². The summed E-state index contributed by atoms with van der Waals surface area (Å²) in [7, 11) is 0. The van der Waals surface area contributed by atoms with E-state index in [1.807, 2.05) is 0 Å². The minimum absolute atomic E-state index is 0.122. The maximum absolute atomic E-state index is 13.9. The Morgan fingerprint density at radius 3 is 2.39 bits per heavy atom. The molecule has 0 aliphatic heterocycles. The van der Waals surface area contributed by atoms with E-state index in [4.69, 9.17) is 44.2 Å². The summed E-state index contributed by atoms with van der Waals surface area (Å²) in [6, 6.07) is 18.2. The molecule has 7 nitrogen and oxygen atoms in total. The maximum Gasteiger partial charge on any atom is 0.307 e. The molecule has 0 atom stereocenters. The lowest BCUT2D eigenvalue weighted by Crippen LogP contribution is -2.34. The molecule has 0 saturated heterocycles. The van der Waals surface area contributed by atoms with Gasteiger partial charge in [-0.2, -0.15) is 5.06 Å². The average Bonchev–Trinajstić information content (AvgIpc) is 3.28. The summed E-state index contributed by atoms with van der Waals surface area (Å²) in [4.78, 5) is 30.9. The summed E-state index contributed by atoms with van der Waals surface area (Å²) >= 11 is 18.4. The van der Waals surface area contributed by atoms with Gasteiger partial charge in [-0.25, -0.2) is 0 Å². The third-order valence-electron chi connectivity index (χ3n) is 5.16. The summed E-state index contributed by atoms with van der Waals surface area (Å²) in [6.07, 6.45) is -0.185. The van der Waals surface area contributed by atoms with Crippen molar-refractivity contribution in [1.82, 2.24) is 10.2 Å². The number of rotatable bonds is 8. The molecule has 3 aromatic carbocycles. The molecule has 4 aromatic rings. The van der Waals surface area contributed by atoms with E-state index < -0.39 is 11.9 Å². The number of benzene rings is 3. The molecule has 0 bridgehead atoms. The van der Waals surface area contributed by atoms with E-state index >= 15 is 0 Å². The van der Waals surface area contributed by atoms with Crippen LogP contribution in [0.1, 0.15) is 22.8 Å².